The molecular formula is C14H21NO4. The first-order valence-corrected chi connectivity index (χ1v) is 6.12. The molecule has 0 bridgehead atoms. The monoisotopic (exact) mass is 267 g/mol. The Morgan fingerprint density at radius 2 is 2.26 bits per heavy atom. The van der Waals surface area contributed by atoms with E-state index in [0.29, 0.717) is 18.6 Å². The summed E-state index contributed by atoms with van der Waals surface area (Å²) in [6.07, 6.45) is 6.07. The Morgan fingerprint density at radius 1 is 1.58 bits per heavy atom. The van der Waals surface area contributed by atoms with Crippen molar-refractivity contribution in [2.45, 2.75) is 25.0 Å². The van der Waals surface area contributed by atoms with E-state index in [9.17, 15) is 9.90 Å². The number of esters is 1. The van der Waals surface area contributed by atoms with Gasteiger partial charge in [-0.15, -0.1) is 0 Å². The van der Waals surface area contributed by atoms with Crippen molar-refractivity contribution in [2.75, 3.05) is 14.2 Å². The van der Waals surface area contributed by atoms with Gasteiger partial charge in [0.2, 0.25) is 0 Å². The topological polar surface area (TPSA) is 81.8 Å². The molecule has 0 spiro atoms. The maximum atomic E-state index is 11.2. The van der Waals surface area contributed by atoms with Gasteiger partial charge in [-0.25, -0.2) is 0 Å². The molecule has 0 aromatic rings. The van der Waals surface area contributed by atoms with Crippen LogP contribution in [0.3, 0.4) is 0 Å². The van der Waals surface area contributed by atoms with Crippen molar-refractivity contribution in [3.8, 4) is 0 Å². The van der Waals surface area contributed by atoms with E-state index in [2.05, 4.69) is 11.3 Å². The molecule has 3 N–H and O–H groups in total. The third-order valence-corrected chi connectivity index (χ3v) is 3.16. The fraction of sp³-hybridized carbons (Fsp3) is 0.500. The van der Waals surface area contributed by atoms with Gasteiger partial charge in [0.25, 0.3) is 0 Å². The minimum absolute atomic E-state index is 0.167. The molecule has 3 atom stereocenters. The van der Waals surface area contributed by atoms with Crippen molar-refractivity contribution >= 4 is 5.97 Å². The Kier molecular flexibility index (Phi) is 5.79. The van der Waals surface area contributed by atoms with Crippen LogP contribution >= 0.6 is 0 Å². The lowest BCUT2D eigenvalue weighted by Gasteiger charge is -2.21. The predicted octanol–water partition coefficient (Wildman–Crippen LogP) is 0.900. The van der Waals surface area contributed by atoms with Crippen LogP contribution in [0.5, 0.6) is 0 Å². The highest BCUT2D eigenvalue weighted by atomic mass is 16.5. The number of hydrogen-bond donors (Lipinski definition) is 2. The fourth-order valence-corrected chi connectivity index (χ4v) is 1.93. The van der Waals surface area contributed by atoms with Crippen LogP contribution in [0.2, 0.25) is 0 Å². The van der Waals surface area contributed by atoms with Crippen molar-refractivity contribution < 1.29 is 19.4 Å². The summed E-state index contributed by atoms with van der Waals surface area (Å²) in [5, 5.41) is 9.89. The summed E-state index contributed by atoms with van der Waals surface area (Å²) in [5.41, 5.74) is 6.46. The van der Waals surface area contributed by atoms with Crippen molar-refractivity contribution in [3.05, 3.63) is 36.1 Å². The fourth-order valence-electron chi connectivity index (χ4n) is 1.93. The van der Waals surface area contributed by atoms with E-state index >= 15 is 0 Å². The first-order chi connectivity index (χ1) is 8.99. The SMILES string of the molecule is C=C(OC)C(O)C1=CCC(C[C@H](N)C(=O)OC)C=C1. The zero-order chi connectivity index (χ0) is 14.4. The lowest BCUT2D eigenvalue weighted by atomic mass is 9.89. The molecule has 0 fully saturated rings. The normalized spacial score (nSPS) is 21.3. The number of methoxy groups -OCH3 is 2. The van der Waals surface area contributed by atoms with Crippen LogP contribution < -0.4 is 5.73 Å². The van der Waals surface area contributed by atoms with Crippen LogP contribution in [0.15, 0.2) is 36.1 Å². The van der Waals surface area contributed by atoms with E-state index in [1.165, 1.54) is 14.2 Å². The van der Waals surface area contributed by atoms with E-state index < -0.39 is 18.1 Å². The molecule has 0 amide bonds. The lowest BCUT2D eigenvalue weighted by molar-refractivity contribution is -0.142. The molecule has 1 aliphatic rings. The number of nitrogens with two attached hydrogens (primary N) is 1. The summed E-state index contributed by atoms with van der Waals surface area (Å²) in [5.74, 6) is 0.0671. The summed E-state index contributed by atoms with van der Waals surface area (Å²) in [6.45, 7) is 3.62. The number of hydrogen-bond acceptors (Lipinski definition) is 5. The second-order valence-electron chi connectivity index (χ2n) is 4.50. The molecular weight excluding hydrogens is 246 g/mol. The number of aliphatic hydroxyl groups is 1. The highest BCUT2D eigenvalue weighted by Crippen LogP contribution is 2.24. The maximum absolute atomic E-state index is 11.2. The standard InChI is InChI=1S/C14H21NO4/c1-9(18-2)13(16)11-6-4-10(5-7-11)8-12(15)14(17)19-3/h4,6-7,10,12-13,16H,1,5,8,15H2,2-3H3/t10?,12-,13?/m0/s1. The second kappa shape index (κ2) is 7.11. The summed E-state index contributed by atoms with van der Waals surface area (Å²) >= 11 is 0. The minimum atomic E-state index is -0.823. The Bertz CT molecular complexity index is 400. The molecule has 0 saturated heterocycles. The minimum Gasteiger partial charge on any atom is -0.499 e. The molecule has 0 aromatic heterocycles. The van der Waals surface area contributed by atoms with Crippen LogP contribution in [-0.2, 0) is 14.3 Å². The van der Waals surface area contributed by atoms with Gasteiger partial charge >= 0.3 is 5.97 Å². The number of carbonyl (C=O) groups is 1. The van der Waals surface area contributed by atoms with Gasteiger partial charge in [0.05, 0.1) is 14.2 Å². The van der Waals surface area contributed by atoms with Crippen LogP contribution in [0.1, 0.15) is 12.8 Å². The van der Waals surface area contributed by atoms with Crippen molar-refractivity contribution in [1.29, 1.82) is 0 Å². The molecule has 0 saturated carbocycles. The number of aliphatic hydroxyl groups excluding tert-OH is 1. The molecule has 2 unspecified atom stereocenters. The van der Waals surface area contributed by atoms with Gasteiger partial charge in [-0.05, 0) is 24.3 Å². The number of ether oxygens (including phenoxy) is 2. The molecule has 5 nitrogen and oxygen atoms in total. The zero-order valence-corrected chi connectivity index (χ0v) is 11.3. The van der Waals surface area contributed by atoms with Crippen LogP contribution in [-0.4, -0.2) is 37.4 Å². The number of rotatable bonds is 6. The molecule has 19 heavy (non-hydrogen) atoms. The smallest absolute Gasteiger partial charge is 0.322 e. The third kappa shape index (κ3) is 4.22. The highest BCUT2D eigenvalue weighted by molar-refractivity contribution is 5.75. The Balaban J connectivity index is 2.53. The Labute approximate surface area is 113 Å². The highest BCUT2D eigenvalue weighted by Gasteiger charge is 2.21. The van der Waals surface area contributed by atoms with Gasteiger partial charge in [0.15, 0.2) is 0 Å². The largest absolute Gasteiger partial charge is 0.499 e. The molecule has 0 radical (unpaired) electrons. The third-order valence-electron chi connectivity index (χ3n) is 3.16. The van der Waals surface area contributed by atoms with Gasteiger partial charge in [-0.3, -0.25) is 4.79 Å². The maximum Gasteiger partial charge on any atom is 0.322 e. The van der Waals surface area contributed by atoms with Crippen LogP contribution in [0.4, 0.5) is 0 Å². The summed E-state index contributed by atoms with van der Waals surface area (Å²) < 4.78 is 9.49. The quantitative estimate of drug-likeness (QED) is 0.552. The van der Waals surface area contributed by atoms with Gasteiger partial charge in [-0.1, -0.05) is 24.8 Å². The summed E-state index contributed by atoms with van der Waals surface area (Å²) in [6, 6.07) is -0.617. The predicted molar refractivity (Wildman–Crippen MR) is 72.1 cm³/mol. The average Bonchev–Trinajstić information content (AvgIpc) is 2.45. The molecule has 5 heteroatoms. The van der Waals surface area contributed by atoms with Crippen LogP contribution in [0, 0.1) is 5.92 Å². The Hall–Kier alpha value is -1.59. The molecule has 1 aliphatic carbocycles. The number of allylic oxidation sites excluding steroid dienone is 2. The van der Waals surface area contributed by atoms with Crippen molar-refractivity contribution in [1.82, 2.24) is 0 Å². The molecule has 0 heterocycles. The van der Waals surface area contributed by atoms with Gasteiger partial charge in [0, 0.05) is 0 Å². The van der Waals surface area contributed by atoms with Crippen molar-refractivity contribution in [2.24, 2.45) is 11.7 Å². The van der Waals surface area contributed by atoms with Gasteiger partial charge < -0.3 is 20.3 Å². The second-order valence-corrected chi connectivity index (χ2v) is 4.50. The average molecular weight is 267 g/mol. The van der Waals surface area contributed by atoms with Crippen LogP contribution in [0.25, 0.3) is 0 Å². The zero-order valence-electron chi connectivity index (χ0n) is 11.3. The van der Waals surface area contributed by atoms with E-state index in [4.69, 9.17) is 10.5 Å². The lowest BCUT2D eigenvalue weighted by Crippen LogP contribution is -2.33. The Morgan fingerprint density at radius 3 is 2.74 bits per heavy atom. The number of carbonyl (C=O) groups excluding carboxylic acids is 1. The first kappa shape index (κ1) is 15.5. The van der Waals surface area contributed by atoms with Gasteiger partial charge in [-0.2, -0.15) is 0 Å². The summed E-state index contributed by atoms with van der Waals surface area (Å²) in [7, 11) is 2.79. The molecule has 0 aliphatic heterocycles. The van der Waals surface area contributed by atoms with E-state index in [-0.39, 0.29) is 5.92 Å². The molecule has 106 valence electrons. The van der Waals surface area contributed by atoms with Crippen molar-refractivity contribution in [3.63, 3.8) is 0 Å². The first-order valence-electron chi connectivity index (χ1n) is 6.12. The van der Waals surface area contributed by atoms with Gasteiger partial charge in [0.1, 0.15) is 17.9 Å². The van der Waals surface area contributed by atoms with E-state index in [0.717, 1.165) is 5.57 Å². The molecule has 1 rings (SSSR count). The molecule has 0 aromatic carbocycles. The van der Waals surface area contributed by atoms with E-state index in [1.54, 1.807) is 0 Å². The van der Waals surface area contributed by atoms with E-state index in [1.807, 2.05) is 18.2 Å². The summed E-state index contributed by atoms with van der Waals surface area (Å²) in [4.78, 5) is 11.2.